The maximum atomic E-state index is 6.37. The second-order valence-corrected chi connectivity index (χ2v) is 6.31. The van der Waals surface area contributed by atoms with Crippen LogP contribution in [0.15, 0.2) is 45.3 Å². The largest absolute Gasteiger partial charge is 0.494 e. The molecule has 2 N–H and O–H groups in total. The summed E-state index contributed by atoms with van der Waals surface area (Å²) in [5.74, 6) is 0.848. The van der Waals surface area contributed by atoms with Crippen LogP contribution < -0.4 is 10.5 Å². The lowest BCUT2D eigenvalue weighted by Gasteiger charge is -2.16. The molecule has 0 heterocycles. The van der Waals surface area contributed by atoms with Crippen LogP contribution in [0.25, 0.3) is 0 Å². The van der Waals surface area contributed by atoms with Gasteiger partial charge in [0, 0.05) is 8.95 Å². The molecule has 106 valence electrons. The third kappa shape index (κ3) is 3.43. The van der Waals surface area contributed by atoms with Crippen LogP contribution in [-0.2, 0) is 0 Å². The molecule has 1 atom stereocenters. The van der Waals surface area contributed by atoms with Crippen molar-refractivity contribution in [2.45, 2.75) is 19.9 Å². The van der Waals surface area contributed by atoms with E-state index in [4.69, 9.17) is 10.5 Å². The number of nitrogens with two attached hydrogens (primary N) is 1. The fourth-order valence-corrected chi connectivity index (χ4v) is 3.00. The monoisotopic (exact) mass is 397 g/mol. The van der Waals surface area contributed by atoms with Gasteiger partial charge in [-0.25, -0.2) is 0 Å². The quantitative estimate of drug-likeness (QED) is 0.789. The molecule has 0 aliphatic rings. The number of hydrogen-bond acceptors (Lipinski definition) is 2. The van der Waals surface area contributed by atoms with Crippen LogP contribution in [0.3, 0.4) is 0 Å². The van der Waals surface area contributed by atoms with Gasteiger partial charge in [0.25, 0.3) is 0 Å². The van der Waals surface area contributed by atoms with E-state index >= 15 is 0 Å². The Morgan fingerprint density at radius 3 is 2.45 bits per heavy atom. The minimum absolute atomic E-state index is 0.169. The molecule has 0 fully saturated rings. The first kappa shape index (κ1) is 15.5. The SMILES string of the molecule is CCOc1ccc(C(N)c2ccc(C)c(Br)c2)c(Br)c1. The Bertz CT molecular complexity index is 613. The highest BCUT2D eigenvalue weighted by Crippen LogP contribution is 2.31. The first-order valence-corrected chi connectivity index (χ1v) is 8.05. The van der Waals surface area contributed by atoms with Crippen molar-refractivity contribution in [3.63, 3.8) is 0 Å². The van der Waals surface area contributed by atoms with Gasteiger partial charge in [0.05, 0.1) is 12.6 Å². The van der Waals surface area contributed by atoms with E-state index in [2.05, 4.69) is 57.0 Å². The van der Waals surface area contributed by atoms with Crippen molar-refractivity contribution in [1.29, 1.82) is 0 Å². The van der Waals surface area contributed by atoms with Crippen molar-refractivity contribution in [2.75, 3.05) is 6.61 Å². The standard InChI is InChI=1S/C16H17Br2NO/c1-3-20-12-6-7-13(15(18)9-12)16(19)11-5-4-10(2)14(17)8-11/h4-9,16H,3,19H2,1-2H3. The molecule has 0 bridgehead atoms. The second-order valence-electron chi connectivity index (χ2n) is 4.60. The highest BCUT2D eigenvalue weighted by molar-refractivity contribution is 9.10. The van der Waals surface area contributed by atoms with Gasteiger partial charge in [0.15, 0.2) is 0 Å². The lowest BCUT2D eigenvalue weighted by molar-refractivity contribution is 0.340. The molecule has 2 aromatic rings. The van der Waals surface area contributed by atoms with Crippen LogP contribution in [0.5, 0.6) is 5.75 Å². The van der Waals surface area contributed by atoms with E-state index in [9.17, 15) is 0 Å². The van der Waals surface area contributed by atoms with Gasteiger partial charge in [-0.3, -0.25) is 0 Å². The van der Waals surface area contributed by atoms with E-state index in [1.807, 2.05) is 25.1 Å². The fraction of sp³-hybridized carbons (Fsp3) is 0.250. The number of aryl methyl sites for hydroxylation is 1. The Hall–Kier alpha value is -0.840. The Kier molecular flexibility index (Phi) is 5.24. The van der Waals surface area contributed by atoms with Crippen LogP contribution in [0, 0.1) is 6.92 Å². The summed E-state index contributed by atoms with van der Waals surface area (Å²) in [4.78, 5) is 0. The molecule has 0 aliphatic carbocycles. The third-order valence-electron chi connectivity index (χ3n) is 3.17. The topological polar surface area (TPSA) is 35.2 Å². The number of ether oxygens (including phenoxy) is 1. The van der Waals surface area contributed by atoms with Crippen LogP contribution >= 0.6 is 31.9 Å². The van der Waals surface area contributed by atoms with Crippen LogP contribution in [-0.4, -0.2) is 6.61 Å². The zero-order valence-electron chi connectivity index (χ0n) is 11.5. The molecule has 0 saturated heterocycles. The Labute approximate surface area is 136 Å². The molecule has 2 aromatic carbocycles. The summed E-state index contributed by atoms with van der Waals surface area (Å²) in [5, 5.41) is 0. The number of benzene rings is 2. The maximum Gasteiger partial charge on any atom is 0.120 e. The molecule has 2 rings (SSSR count). The summed E-state index contributed by atoms with van der Waals surface area (Å²) < 4.78 is 7.53. The Morgan fingerprint density at radius 1 is 1.10 bits per heavy atom. The normalized spacial score (nSPS) is 12.2. The Morgan fingerprint density at radius 2 is 1.85 bits per heavy atom. The van der Waals surface area contributed by atoms with Crippen molar-refractivity contribution >= 4 is 31.9 Å². The Balaban J connectivity index is 2.32. The fourth-order valence-electron chi connectivity index (χ4n) is 2.00. The summed E-state index contributed by atoms with van der Waals surface area (Å²) in [6, 6.07) is 12.0. The summed E-state index contributed by atoms with van der Waals surface area (Å²) >= 11 is 7.13. The molecule has 0 radical (unpaired) electrons. The summed E-state index contributed by atoms with van der Waals surface area (Å²) in [7, 11) is 0. The first-order valence-electron chi connectivity index (χ1n) is 6.46. The van der Waals surface area contributed by atoms with Gasteiger partial charge in [0.2, 0.25) is 0 Å². The minimum Gasteiger partial charge on any atom is -0.494 e. The molecule has 0 aromatic heterocycles. The maximum absolute atomic E-state index is 6.37. The molecule has 0 saturated carbocycles. The number of halogens is 2. The highest BCUT2D eigenvalue weighted by atomic mass is 79.9. The van der Waals surface area contributed by atoms with E-state index in [0.29, 0.717) is 6.61 Å². The van der Waals surface area contributed by atoms with Gasteiger partial charge in [-0.1, -0.05) is 50.1 Å². The predicted octanol–water partition coefficient (Wildman–Crippen LogP) is 4.97. The van der Waals surface area contributed by atoms with E-state index in [1.165, 1.54) is 5.56 Å². The molecule has 2 nitrogen and oxygen atoms in total. The van der Waals surface area contributed by atoms with Gasteiger partial charge in [-0.2, -0.15) is 0 Å². The smallest absolute Gasteiger partial charge is 0.120 e. The van der Waals surface area contributed by atoms with E-state index in [1.54, 1.807) is 0 Å². The van der Waals surface area contributed by atoms with Gasteiger partial charge in [0.1, 0.15) is 5.75 Å². The summed E-state index contributed by atoms with van der Waals surface area (Å²) in [6.45, 7) is 4.69. The summed E-state index contributed by atoms with van der Waals surface area (Å²) in [6.07, 6.45) is 0. The third-order valence-corrected chi connectivity index (χ3v) is 4.71. The van der Waals surface area contributed by atoms with Gasteiger partial charge >= 0.3 is 0 Å². The number of rotatable bonds is 4. The van der Waals surface area contributed by atoms with Crippen molar-refractivity contribution in [3.05, 3.63) is 62.0 Å². The average Bonchev–Trinajstić information content (AvgIpc) is 2.42. The van der Waals surface area contributed by atoms with Crippen molar-refractivity contribution in [1.82, 2.24) is 0 Å². The molecular formula is C16H17Br2NO. The molecule has 0 amide bonds. The highest BCUT2D eigenvalue weighted by Gasteiger charge is 2.13. The zero-order chi connectivity index (χ0) is 14.7. The average molecular weight is 399 g/mol. The molecule has 20 heavy (non-hydrogen) atoms. The minimum atomic E-state index is -0.169. The molecule has 1 unspecified atom stereocenters. The van der Waals surface area contributed by atoms with E-state index in [0.717, 1.165) is 25.8 Å². The predicted molar refractivity (Wildman–Crippen MR) is 90.2 cm³/mol. The molecule has 0 aliphatic heterocycles. The lowest BCUT2D eigenvalue weighted by Crippen LogP contribution is -2.12. The molecule has 4 heteroatoms. The first-order chi connectivity index (χ1) is 9.52. The van der Waals surface area contributed by atoms with Gasteiger partial charge < -0.3 is 10.5 Å². The van der Waals surface area contributed by atoms with Crippen LogP contribution in [0.2, 0.25) is 0 Å². The molecular weight excluding hydrogens is 382 g/mol. The van der Waals surface area contributed by atoms with Crippen molar-refractivity contribution in [2.24, 2.45) is 5.73 Å². The van der Waals surface area contributed by atoms with Crippen LogP contribution in [0.1, 0.15) is 29.7 Å². The van der Waals surface area contributed by atoms with Crippen LogP contribution in [0.4, 0.5) is 0 Å². The lowest BCUT2D eigenvalue weighted by atomic mass is 9.99. The van der Waals surface area contributed by atoms with Gasteiger partial charge in [-0.05, 0) is 48.7 Å². The van der Waals surface area contributed by atoms with Crippen molar-refractivity contribution < 1.29 is 4.74 Å². The van der Waals surface area contributed by atoms with Crippen molar-refractivity contribution in [3.8, 4) is 5.75 Å². The summed E-state index contributed by atoms with van der Waals surface area (Å²) in [5.41, 5.74) is 9.69. The van der Waals surface area contributed by atoms with E-state index < -0.39 is 0 Å². The molecule has 0 spiro atoms. The van der Waals surface area contributed by atoms with E-state index in [-0.39, 0.29) is 6.04 Å². The number of hydrogen-bond donors (Lipinski definition) is 1. The van der Waals surface area contributed by atoms with Gasteiger partial charge in [-0.15, -0.1) is 0 Å². The zero-order valence-corrected chi connectivity index (χ0v) is 14.7. The second kappa shape index (κ2) is 6.74.